The van der Waals surface area contributed by atoms with Gasteiger partial charge in [-0.25, -0.2) is 9.18 Å². The van der Waals surface area contributed by atoms with Crippen molar-refractivity contribution in [1.82, 2.24) is 15.1 Å². The van der Waals surface area contributed by atoms with Gasteiger partial charge in [0.25, 0.3) is 0 Å². The van der Waals surface area contributed by atoms with E-state index in [0.29, 0.717) is 28.6 Å². The Bertz CT molecular complexity index is 864. The minimum absolute atomic E-state index is 0.401. The van der Waals surface area contributed by atoms with E-state index in [1.54, 1.807) is 23.0 Å². The molecule has 8 heteroatoms. The Kier molecular flexibility index (Phi) is 5.84. The van der Waals surface area contributed by atoms with E-state index < -0.39 is 18.5 Å². The number of rotatable bonds is 4. The van der Waals surface area contributed by atoms with Gasteiger partial charge in [0, 0.05) is 22.7 Å². The van der Waals surface area contributed by atoms with E-state index in [2.05, 4.69) is 10.4 Å². The minimum Gasteiger partial charge on any atom is -0.442 e. The average Bonchev–Trinajstić information content (AvgIpc) is 3.04. The first-order valence-electron chi connectivity index (χ1n) is 8.20. The number of aryl methyl sites for hydroxylation is 1. The van der Waals surface area contributed by atoms with E-state index in [9.17, 15) is 9.18 Å². The Morgan fingerprint density at radius 2 is 2.19 bits per heavy atom. The summed E-state index contributed by atoms with van der Waals surface area (Å²) >= 11 is 12.2. The van der Waals surface area contributed by atoms with Crippen LogP contribution in [0.2, 0.25) is 10.0 Å². The monoisotopic (exact) mass is 397 g/mol. The highest BCUT2D eigenvalue weighted by molar-refractivity contribution is 6.35. The van der Waals surface area contributed by atoms with Crippen LogP contribution in [0.5, 0.6) is 0 Å². The number of fused-ring (bicyclic) bond motifs is 1. The molecule has 1 aromatic heterocycles. The summed E-state index contributed by atoms with van der Waals surface area (Å²) in [6.45, 7) is -0.000251. The molecule has 5 nitrogen and oxygen atoms in total. The van der Waals surface area contributed by atoms with Crippen molar-refractivity contribution in [1.29, 1.82) is 0 Å². The lowest BCUT2D eigenvalue weighted by molar-refractivity contribution is 0.152. The number of benzene rings is 1. The van der Waals surface area contributed by atoms with Crippen LogP contribution in [0.4, 0.5) is 9.18 Å². The molecular formula is C18H18Cl2FN3O2. The van der Waals surface area contributed by atoms with Crippen molar-refractivity contribution in [2.24, 2.45) is 0 Å². The van der Waals surface area contributed by atoms with Crippen molar-refractivity contribution in [3.05, 3.63) is 57.1 Å². The number of halogens is 3. The summed E-state index contributed by atoms with van der Waals surface area (Å²) in [5, 5.41) is 7.79. The van der Waals surface area contributed by atoms with Gasteiger partial charge in [-0.1, -0.05) is 29.3 Å². The first kappa shape index (κ1) is 18.7. The summed E-state index contributed by atoms with van der Waals surface area (Å²) in [6.07, 6.45) is 3.30. The molecule has 0 saturated heterocycles. The molecule has 0 saturated carbocycles. The third-order valence-electron chi connectivity index (χ3n) is 4.27. The Hall–Kier alpha value is -2.05. The molecule has 0 bridgehead atoms. The Morgan fingerprint density at radius 3 is 2.92 bits per heavy atom. The van der Waals surface area contributed by atoms with Crippen LogP contribution < -0.4 is 5.32 Å². The molecule has 0 spiro atoms. The topological polar surface area (TPSA) is 56.1 Å². The van der Waals surface area contributed by atoms with Crippen molar-refractivity contribution in [2.45, 2.75) is 25.8 Å². The zero-order valence-electron chi connectivity index (χ0n) is 14.2. The largest absolute Gasteiger partial charge is 0.442 e. The molecule has 0 fully saturated rings. The number of aromatic nitrogens is 2. The van der Waals surface area contributed by atoms with Gasteiger partial charge in [-0.05, 0) is 42.5 Å². The fourth-order valence-electron chi connectivity index (χ4n) is 3.01. The van der Waals surface area contributed by atoms with Crippen LogP contribution in [-0.2, 0) is 17.7 Å². The number of allylic oxidation sites excluding steroid dienone is 1. The lowest BCUT2D eigenvalue weighted by atomic mass is 9.92. The summed E-state index contributed by atoms with van der Waals surface area (Å²) in [6, 6.07) is 5.26. The highest BCUT2D eigenvalue weighted by atomic mass is 35.5. The third-order valence-corrected chi connectivity index (χ3v) is 4.86. The molecule has 1 aromatic carbocycles. The van der Waals surface area contributed by atoms with Crippen LogP contribution in [-0.4, -0.2) is 29.5 Å². The summed E-state index contributed by atoms with van der Waals surface area (Å²) in [5.41, 5.74) is 3.08. The average molecular weight is 398 g/mol. The highest BCUT2D eigenvalue weighted by Gasteiger charge is 2.24. The summed E-state index contributed by atoms with van der Waals surface area (Å²) in [4.78, 5) is 11.2. The number of nitrogens with zero attached hydrogens (tertiary/aromatic N) is 2. The molecule has 1 aliphatic rings. The second-order valence-electron chi connectivity index (χ2n) is 5.97. The van der Waals surface area contributed by atoms with Gasteiger partial charge in [0.1, 0.15) is 12.4 Å². The number of nitrogens with one attached hydrogen (secondary N) is 1. The molecule has 138 valence electrons. The van der Waals surface area contributed by atoms with Gasteiger partial charge in [-0.2, -0.15) is 5.10 Å². The predicted molar refractivity (Wildman–Crippen MR) is 99.2 cm³/mol. The molecule has 0 atom stereocenters. The molecule has 1 N–H and O–H groups in total. The SMILES string of the molecule is CNC(=O)OC/C(F)=C1\CCCc2cnn(Cc3ccc(Cl)cc3Cl)c21. The lowest BCUT2D eigenvalue weighted by Crippen LogP contribution is -2.20. The van der Waals surface area contributed by atoms with Gasteiger partial charge in [0.05, 0.1) is 18.4 Å². The molecule has 0 radical (unpaired) electrons. The molecule has 3 rings (SSSR count). The molecule has 0 unspecified atom stereocenters. The summed E-state index contributed by atoms with van der Waals surface area (Å²) in [5.74, 6) is -0.460. The smallest absolute Gasteiger partial charge is 0.407 e. The van der Waals surface area contributed by atoms with Gasteiger partial charge in [-0.15, -0.1) is 0 Å². The van der Waals surface area contributed by atoms with Crippen LogP contribution in [0.1, 0.15) is 29.7 Å². The van der Waals surface area contributed by atoms with Gasteiger partial charge in [0.15, 0.2) is 0 Å². The van der Waals surface area contributed by atoms with Crippen molar-refractivity contribution < 1.29 is 13.9 Å². The van der Waals surface area contributed by atoms with Crippen molar-refractivity contribution in [3.63, 3.8) is 0 Å². The van der Waals surface area contributed by atoms with Gasteiger partial charge in [0.2, 0.25) is 0 Å². The third kappa shape index (κ3) is 4.02. The predicted octanol–water partition coefficient (Wildman–Crippen LogP) is 4.61. The van der Waals surface area contributed by atoms with E-state index in [4.69, 9.17) is 27.9 Å². The van der Waals surface area contributed by atoms with Crippen LogP contribution in [0.15, 0.2) is 30.2 Å². The van der Waals surface area contributed by atoms with Crippen LogP contribution >= 0.6 is 23.2 Å². The summed E-state index contributed by atoms with van der Waals surface area (Å²) in [7, 11) is 1.43. The van der Waals surface area contributed by atoms with Gasteiger partial charge >= 0.3 is 6.09 Å². The molecular weight excluding hydrogens is 380 g/mol. The molecule has 0 aliphatic heterocycles. The van der Waals surface area contributed by atoms with E-state index >= 15 is 0 Å². The fraction of sp³-hybridized carbons (Fsp3) is 0.333. The van der Waals surface area contributed by atoms with Gasteiger partial charge < -0.3 is 10.1 Å². The quantitative estimate of drug-likeness (QED) is 0.819. The van der Waals surface area contributed by atoms with Gasteiger partial charge in [-0.3, -0.25) is 4.68 Å². The Balaban J connectivity index is 1.91. The number of alkyl carbamates (subject to hydrolysis) is 1. The first-order chi connectivity index (χ1) is 12.5. The lowest BCUT2D eigenvalue weighted by Gasteiger charge is -2.19. The highest BCUT2D eigenvalue weighted by Crippen LogP contribution is 2.34. The summed E-state index contributed by atoms with van der Waals surface area (Å²) < 4.78 is 21.3. The number of hydrogen-bond acceptors (Lipinski definition) is 3. The molecule has 26 heavy (non-hydrogen) atoms. The molecule has 1 heterocycles. The van der Waals surface area contributed by atoms with Crippen molar-refractivity contribution in [3.8, 4) is 0 Å². The van der Waals surface area contributed by atoms with E-state index in [1.807, 2.05) is 6.07 Å². The maximum atomic E-state index is 14.7. The van der Waals surface area contributed by atoms with E-state index in [0.717, 1.165) is 29.7 Å². The maximum absolute atomic E-state index is 14.7. The Morgan fingerprint density at radius 1 is 1.38 bits per heavy atom. The van der Waals surface area contributed by atoms with E-state index in [-0.39, 0.29) is 0 Å². The minimum atomic E-state index is -0.668. The number of hydrogen-bond donors (Lipinski definition) is 1. The molecule has 2 aromatic rings. The standard InChI is InChI=1S/C18H18Cl2FN3O2/c1-22-18(25)26-10-16(21)14-4-2-3-11-8-23-24(17(11)14)9-12-5-6-13(19)7-15(12)20/h5-8H,2-4,9-10H2,1H3,(H,22,25)/b16-14-. The Labute approximate surface area is 160 Å². The van der Waals surface area contributed by atoms with Crippen LogP contribution in [0.3, 0.4) is 0 Å². The zero-order chi connectivity index (χ0) is 18.7. The zero-order valence-corrected chi connectivity index (χ0v) is 15.7. The van der Waals surface area contributed by atoms with Crippen LogP contribution in [0.25, 0.3) is 5.57 Å². The molecule has 1 amide bonds. The second-order valence-corrected chi connectivity index (χ2v) is 6.82. The first-order valence-corrected chi connectivity index (χ1v) is 8.96. The van der Waals surface area contributed by atoms with E-state index in [1.165, 1.54) is 7.05 Å². The molecule has 1 aliphatic carbocycles. The maximum Gasteiger partial charge on any atom is 0.407 e. The van der Waals surface area contributed by atoms with Crippen molar-refractivity contribution >= 4 is 34.9 Å². The number of amides is 1. The van der Waals surface area contributed by atoms with Crippen molar-refractivity contribution in [2.75, 3.05) is 13.7 Å². The second kappa shape index (κ2) is 8.10. The van der Waals surface area contributed by atoms with Crippen LogP contribution in [0, 0.1) is 0 Å². The fourth-order valence-corrected chi connectivity index (χ4v) is 3.48. The number of ether oxygens (including phenoxy) is 1. The normalized spacial score (nSPS) is 15.4. The number of carbonyl (C=O) groups is 1. The number of carbonyl (C=O) groups excluding carboxylic acids is 1.